The van der Waals surface area contributed by atoms with Crippen LogP contribution in [0.25, 0.3) is 0 Å². The smallest absolute Gasteiger partial charge is 0.410 e. The van der Waals surface area contributed by atoms with Gasteiger partial charge < -0.3 is 49.9 Å². The van der Waals surface area contributed by atoms with Crippen LogP contribution in [0.3, 0.4) is 0 Å². The molecule has 17 heteroatoms. The molecule has 3 aliphatic rings. The Morgan fingerprint density at radius 3 is 1.10 bits per heavy atom. The summed E-state index contributed by atoms with van der Waals surface area (Å²) in [6.07, 6.45) is 15.7. The number of rotatable bonds is 16. The van der Waals surface area contributed by atoms with E-state index in [0.29, 0.717) is 51.1 Å². The van der Waals surface area contributed by atoms with Gasteiger partial charge in [0.1, 0.15) is 11.2 Å². The summed E-state index contributed by atoms with van der Waals surface area (Å²) in [6.45, 7) is 17.3. The van der Waals surface area contributed by atoms with Crippen molar-refractivity contribution in [2.24, 2.45) is 0 Å². The van der Waals surface area contributed by atoms with Crippen molar-refractivity contribution in [1.82, 2.24) is 30.2 Å². The second kappa shape index (κ2) is 36.3. The van der Waals surface area contributed by atoms with Crippen LogP contribution < -0.4 is 10.6 Å². The highest BCUT2D eigenvalue weighted by atomic mass is 35.5. The first-order chi connectivity index (χ1) is 27.6. The van der Waals surface area contributed by atoms with Crippen molar-refractivity contribution >= 4 is 48.3 Å². The fourth-order valence-corrected chi connectivity index (χ4v) is 5.76. The Kier molecular flexibility index (Phi) is 36.9. The summed E-state index contributed by atoms with van der Waals surface area (Å²) in [7, 11) is 7.02. The van der Waals surface area contributed by atoms with Crippen LogP contribution in [0.1, 0.15) is 151 Å². The van der Waals surface area contributed by atoms with E-state index in [1.165, 1.54) is 54.7 Å². The zero-order valence-corrected chi connectivity index (χ0v) is 39.9. The molecule has 0 aromatic rings. The number of aliphatic carboxylic acids is 2. The monoisotopic (exact) mass is 881 g/mol. The molecule has 0 spiro atoms. The lowest BCUT2D eigenvalue weighted by Crippen LogP contribution is -2.35. The summed E-state index contributed by atoms with van der Waals surface area (Å²) in [5.74, 6) is -1.04. The van der Waals surface area contributed by atoms with Crippen LogP contribution in [0.2, 0.25) is 0 Å². The number of carbonyl (C=O) groups is 6. The van der Waals surface area contributed by atoms with E-state index in [4.69, 9.17) is 19.7 Å². The predicted octanol–water partition coefficient (Wildman–Crippen LogP) is 7.03. The summed E-state index contributed by atoms with van der Waals surface area (Å²) >= 11 is 0. The Morgan fingerprint density at radius 2 is 0.800 bits per heavy atom. The number of nitrogens with one attached hydrogen (secondary N) is 2. The second-order valence-electron chi connectivity index (χ2n) is 17.2. The van der Waals surface area contributed by atoms with Crippen molar-refractivity contribution in [1.29, 1.82) is 0 Å². The van der Waals surface area contributed by atoms with E-state index in [-0.39, 0.29) is 37.2 Å². The molecule has 0 aromatic heterocycles. The van der Waals surface area contributed by atoms with E-state index in [1.54, 1.807) is 34.9 Å². The second-order valence-corrected chi connectivity index (χ2v) is 17.2. The summed E-state index contributed by atoms with van der Waals surface area (Å²) < 4.78 is 10.3. The first kappa shape index (κ1) is 60.9. The Hall–Kier alpha value is -3.37. The van der Waals surface area contributed by atoms with Crippen LogP contribution in [0.15, 0.2) is 0 Å². The van der Waals surface area contributed by atoms with Crippen LogP contribution in [-0.2, 0) is 28.7 Å². The molecule has 3 fully saturated rings. The third-order valence-corrected chi connectivity index (χ3v) is 8.98. The Bertz CT molecular complexity index is 1160. The highest BCUT2D eigenvalue weighted by Gasteiger charge is 2.22. The van der Waals surface area contributed by atoms with E-state index in [9.17, 15) is 28.8 Å². The predicted molar refractivity (Wildman–Crippen MR) is 240 cm³/mol. The SMILES string of the molecule is C1CCCC1.CN(CCCC(=O)N1CCCC1)C(=O)OC(C)(C)C.CN(CCCC(=O)O)C(=O)OC(C)(C)C.CNCCCC(=O)N1CCCC1.CNCCCC(=O)O.Cl. The molecule has 16 nitrogen and oxygen atoms in total. The molecule has 0 atom stereocenters. The molecule has 2 saturated heterocycles. The van der Waals surface area contributed by atoms with Gasteiger partial charge in [-0.1, -0.05) is 32.1 Å². The molecular formula is C43H85ClN6O10. The number of ether oxygens (including phenoxy) is 2. The van der Waals surface area contributed by atoms with Crippen molar-refractivity contribution in [3.63, 3.8) is 0 Å². The number of likely N-dealkylation sites (tertiary alicyclic amines) is 2. The Balaban J connectivity index is -0.000000713. The lowest BCUT2D eigenvalue weighted by molar-refractivity contribution is -0.138. The van der Waals surface area contributed by atoms with Gasteiger partial charge in [0.2, 0.25) is 11.8 Å². The molecule has 3 rings (SSSR count). The average Bonchev–Trinajstić information content (AvgIpc) is 3.97. The molecule has 0 bridgehead atoms. The van der Waals surface area contributed by atoms with Gasteiger partial charge in [-0.3, -0.25) is 19.2 Å². The van der Waals surface area contributed by atoms with Gasteiger partial charge in [-0.15, -0.1) is 12.4 Å². The molecule has 0 aromatic carbocycles. The number of hydrogen-bond donors (Lipinski definition) is 4. The highest BCUT2D eigenvalue weighted by Crippen LogP contribution is 2.15. The van der Waals surface area contributed by atoms with Crippen LogP contribution in [0.5, 0.6) is 0 Å². The lowest BCUT2D eigenvalue weighted by Gasteiger charge is -2.24. The molecule has 2 aliphatic heterocycles. The molecule has 0 unspecified atom stereocenters. The van der Waals surface area contributed by atoms with E-state index >= 15 is 0 Å². The third kappa shape index (κ3) is 38.8. The molecule has 1 aliphatic carbocycles. The molecular weight excluding hydrogens is 796 g/mol. The van der Waals surface area contributed by atoms with Gasteiger partial charge in [-0.2, -0.15) is 0 Å². The van der Waals surface area contributed by atoms with Crippen LogP contribution in [-0.4, -0.2) is 158 Å². The number of amides is 4. The van der Waals surface area contributed by atoms with Crippen molar-refractivity contribution in [2.45, 2.75) is 162 Å². The molecule has 1 saturated carbocycles. The van der Waals surface area contributed by atoms with Crippen LogP contribution in [0.4, 0.5) is 9.59 Å². The summed E-state index contributed by atoms with van der Waals surface area (Å²) in [5, 5.41) is 22.4. The Morgan fingerprint density at radius 1 is 0.517 bits per heavy atom. The van der Waals surface area contributed by atoms with Gasteiger partial charge in [0.25, 0.3) is 0 Å². The lowest BCUT2D eigenvalue weighted by atomic mass is 10.2. The summed E-state index contributed by atoms with van der Waals surface area (Å²) in [6, 6.07) is 0. The van der Waals surface area contributed by atoms with Crippen LogP contribution in [0, 0.1) is 0 Å². The van der Waals surface area contributed by atoms with Gasteiger partial charge in [-0.25, -0.2) is 9.59 Å². The molecule has 354 valence electrons. The first-order valence-corrected chi connectivity index (χ1v) is 21.8. The first-order valence-electron chi connectivity index (χ1n) is 21.8. The third-order valence-electron chi connectivity index (χ3n) is 8.98. The molecule has 60 heavy (non-hydrogen) atoms. The Labute approximate surface area is 368 Å². The fourth-order valence-electron chi connectivity index (χ4n) is 5.76. The van der Waals surface area contributed by atoms with Crippen molar-refractivity contribution in [3.8, 4) is 0 Å². The number of nitrogens with zero attached hydrogens (tertiary/aromatic N) is 4. The molecule has 4 amide bonds. The number of hydrogen-bond acceptors (Lipinski definition) is 10. The number of carbonyl (C=O) groups excluding carboxylic acids is 4. The minimum absolute atomic E-state index is 0. The van der Waals surface area contributed by atoms with E-state index in [1.807, 2.05) is 44.7 Å². The zero-order valence-electron chi connectivity index (χ0n) is 39.0. The quantitative estimate of drug-likeness (QED) is 0.116. The largest absolute Gasteiger partial charge is 0.481 e. The van der Waals surface area contributed by atoms with Gasteiger partial charge in [0.05, 0.1) is 0 Å². The maximum absolute atomic E-state index is 11.8. The minimum Gasteiger partial charge on any atom is -0.481 e. The van der Waals surface area contributed by atoms with Gasteiger partial charge >= 0.3 is 24.1 Å². The number of carboxylic acid groups (broad SMARTS) is 2. The normalized spacial score (nSPS) is 14.2. The minimum atomic E-state index is -0.854. The average molecular weight is 882 g/mol. The summed E-state index contributed by atoms with van der Waals surface area (Å²) in [5.41, 5.74) is -0.991. The van der Waals surface area contributed by atoms with E-state index < -0.39 is 29.2 Å². The van der Waals surface area contributed by atoms with E-state index in [0.717, 1.165) is 58.5 Å². The molecule has 4 N–H and O–H groups in total. The van der Waals surface area contributed by atoms with Crippen molar-refractivity contribution in [2.75, 3.05) is 80.5 Å². The van der Waals surface area contributed by atoms with E-state index in [2.05, 4.69) is 10.6 Å². The zero-order chi connectivity index (χ0) is 45.3. The molecule has 0 radical (unpaired) electrons. The topological polar surface area (TPSA) is 198 Å². The standard InChI is InChI=1S/C14H26N2O3.C10H19NO4.C9H18N2O.C5H11NO2.C5H10.ClH/c1-14(2,3)19-13(18)15(4)9-7-8-12(17)16-10-5-6-11-16;1-10(2,3)15-9(14)11(4)7-5-6-8(12)13;1-10-6-4-5-9(12)11-7-2-3-8-11;1-6-4-2-3-5(7)8;1-2-4-5-3-1;/h5-11H2,1-4H3;5-7H2,1-4H3,(H,12,13);10H,2-8H2,1H3;6H,2-4H2,1H3,(H,7,8);1-5H2;1H. The summed E-state index contributed by atoms with van der Waals surface area (Å²) in [4.78, 5) is 73.2. The van der Waals surface area contributed by atoms with Crippen LogP contribution >= 0.6 is 12.4 Å². The maximum atomic E-state index is 11.8. The van der Waals surface area contributed by atoms with Gasteiger partial charge in [-0.05, 0) is 120 Å². The number of halogens is 1. The number of carboxylic acids is 2. The fraction of sp³-hybridized carbons (Fsp3) is 0.860. The highest BCUT2D eigenvalue weighted by molar-refractivity contribution is 5.85. The van der Waals surface area contributed by atoms with Gasteiger partial charge in [0, 0.05) is 79.0 Å². The molecule has 2 heterocycles. The maximum Gasteiger partial charge on any atom is 0.410 e. The van der Waals surface area contributed by atoms with Crippen molar-refractivity contribution < 1.29 is 48.5 Å². The van der Waals surface area contributed by atoms with Gasteiger partial charge in [0.15, 0.2) is 0 Å². The van der Waals surface area contributed by atoms with Crippen molar-refractivity contribution in [3.05, 3.63) is 0 Å².